The highest BCUT2D eigenvalue weighted by Crippen LogP contribution is 2.32. The predicted octanol–water partition coefficient (Wildman–Crippen LogP) is 3.33. The molecule has 0 radical (unpaired) electrons. The number of aromatic nitrogens is 2. The number of furan rings is 1. The molecule has 0 N–H and O–H groups in total. The first kappa shape index (κ1) is 19.0. The van der Waals surface area contributed by atoms with Gasteiger partial charge in [0.15, 0.2) is 11.5 Å². The van der Waals surface area contributed by atoms with Crippen LogP contribution < -0.4 is 9.47 Å². The smallest absolute Gasteiger partial charge is 0.228 e. The topological polar surface area (TPSA) is 90.8 Å². The lowest BCUT2D eigenvalue weighted by Crippen LogP contribution is -2.33. The Morgan fingerprint density at radius 3 is 2.72 bits per heavy atom. The van der Waals surface area contributed by atoms with Gasteiger partial charge in [0.1, 0.15) is 5.76 Å². The number of methoxy groups -OCH3 is 2. The van der Waals surface area contributed by atoms with E-state index in [1.54, 1.807) is 37.5 Å². The average Bonchev–Trinajstić information content (AvgIpc) is 3.27. The number of ether oxygens (including phenoxy) is 2. The maximum atomic E-state index is 12.6. The zero-order valence-corrected chi connectivity index (χ0v) is 16.5. The second-order valence-electron chi connectivity index (χ2n) is 6.94. The third-order valence-corrected chi connectivity index (χ3v) is 4.87. The lowest BCUT2D eigenvalue weighted by molar-refractivity contribution is -0.133. The van der Waals surface area contributed by atoms with Gasteiger partial charge in [0.2, 0.25) is 17.6 Å². The molecule has 1 aliphatic rings. The fraction of sp³-hybridized carbons (Fsp3) is 0.381. The first-order valence-corrected chi connectivity index (χ1v) is 9.54. The second kappa shape index (κ2) is 8.38. The van der Waals surface area contributed by atoms with Gasteiger partial charge >= 0.3 is 0 Å². The van der Waals surface area contributed by atoms with Gasteiger partial charge in [-0.1, -0.05) is 5.16 Å². The highest BCUT2D eigenvalue weighted by Gasteiger charge is 2.33. The van der Waals surface area contributed by atoms with Crippen molar-refractivity contribution in [2.75, 3.05) is 20.8 Å². The molecule has 152 valence electrons. The molecule has 0 aliphatic heterocycles. The molecule has 0 unspecified atom stereocenters. The van der Waals surface area contributed by atoms with Crippen LogP contribution in [-0.2, 0) is 17.8 Å². The number of nitrogens with zero attached hydrogens (tertiary/aromatic N) is 3. The first-order chi connectivity index (χ1) is 14.2. The maximum absolute atomic E-state index is 12.6. The van der Waals surface area contributed by atoms with E-state index in [2.05, 4.69) is 10.1 Å². The highest BCUT2D eigenvalue weighted by molar-refractivity contribution is 5.81. The Morgan fingerprint density at radius 1 is 1.21 bits per heavy atom. The second-order valence-corrected chi connectivity index (χ2v) is 6.94. The van der Waals surface area contributed by atoms with Crippen LogP contribution in [0.5, 0.6) is 11.5 Å². The highest BCUT2D eigenvalue weighted by atomic mass is 16.5. The molecule has 8 heteroatoms. The van der Waals surface area contributed by atoms with E-state index >= 15 is 0 Å². The van der Waals surface area contributed by atoms with E-state index in [-0.39, 0.29) is 11.8 Å². The van der Waals surface area contributed by atoms with Gasteiger partial charge in [0.05, 0.1) is 27.0 Å². The Labute approximate surface area is 168 Å². The van der Waals surface area contributed by atoms with E-state index in [0.717, 1.165) is 24.2 Å². The van der Waals surface area contributed by atoms with E-state index in [0.29, 0.717) is 42.7 Å². The molecule has 8 nitrogen and oxygen atoms in total. The molecule has 2 heterocycles. The summed E-state index contributed by atoms with van der Waals surface area (Å²) in [5.74, 6) is 3.21. The molecular formula is C21H23N3O5. The average molecular weight is 397 g/mol. The van der Waals surface area contributed by atoms with Crippen molar-refractivity contribution >= 4 is 5.91 Å². The van der Waals surface area contributed by atoms with Crippen LogP contribution in [0.2, 0.25) is 0 Å². The monoisotopic (exact) mass is 397 g/mol. The van der Waals surface area contributed by atoms with Crippen molar-refractivity contribution in [2.24, 2.45) is 5.92 Å². The lowest BCUT2D eigenvalue weighted by atomic mass is 10.2. The number of rotatable bonds is 9. The standard InChI is InChI=1S/C21H23N3O5/c1-26-17-8-7-15(12-18(17)27-2)20-22-19(29-23-20)9-10-24(21(25)14-5-6-14)13-16-4-3-11-28-16/h3-4,7-8,11-12,14H,5-6,9-10,13H2,1-2H3. The van der Waals surface area contributed by atoms with Crippen LogP contribution in [0.1, 0.15) is 24.5 Å². The van der Waals surface area contributed by atoms with E-state index in [1.165, 1.54) is 0 Å². The molecule has 3 aromatic rings. The minimum Gasteiger partial charge on any atom is -0.493 e. The van der Waals surface area contributed by atoms with Gasteiger partial charge in [-0.05, 0) is 43.2 Å². The van der Waals surface area contributed by atoms with Crippen molar-refractivity contribution in [3.63, 3.8) is 0 Å². The molecule has 0 saturated heterocycles. The van der Waals surface area contributed by atoms with Crippen LogP contribution in [0.25, 0.3) is 11.4 Å². The van der Waals surface area contributed by atoms with Crippen molar-refractivity contribution in [1.29, 1.82) is 0 Å². The molecule has 1 saturated carbocycles. The van der Waals surface area contributed by atoms with Crippen LogP contribution >= 0.6 is 0 Å². The van der Waals surface area contributed by atoms with Crippen molar-refractivity contribution in [1.82, 2.24) is 15.0 Å². The number of hydrogen-bond donors (Lipinski definition) is 0. The fourth-order valence-corrected chi connectivity index (χ4v) is 3.13. The Kier molecular flexibility index (Phi) is 5.50. The molecular weight excluding hydrogens is 374 g/mol. The SMILES string of the molecule is COc1ccc(-c2noc(CCN(Cc3ccco3)C(=O)C3CC3)n2)cc1OC. The third kappa shape index (κ3) is 4.42. The molecule has 1 aromatic carbocycles. The van der Waals surface area contributed by atoms with Gasteiger partial charge in [-0.2, -0.15) is 4.98 Å². The molecule has 4 rings (SSSR count). The van der Waals surface area contributed by atoms with Crippen LogP contribution in [0.3, 0.4) is 0 Å². The van der Waals surface area contributed by atoms with Gasteiger partial charge in [-0.25, -0.2) is 0 Å². The summed E-state index contributed by atoms with van der Waals surface area (Å²) >= 11 is 0. The van der Waals surface area contributed by atoms with Crippen molar-refractivity contribution in [2.45, 2.75) is 25.8 Å². The van der Waals surface area contributed by atoms with E-state index in [4.69, 9.17) is 18.4 Å². The van der Waals surface area contributed by atoms with Crippen molar-refractivity contribution < 1.29 is 23.2 Å². The molecule has 2 aromatic heterocycles. The summed E-state index contributed by atoms with van der Waals surface area (Å²) in [6, 6.07) is 9.13. The normalized spacial score (nSPS) is 13.3. The van der Waals surface area contributed by atoms with E-state index < -0.39 is 0 Å². The predicted molar refractivity (Wildman–Crippen MR) is 103 cm³/mol. The number of benzene rings is 1. The summed E-state index contributed by atoms with van der Waals surface area (Å²) in [5.41, 5.74) is 0.763. The summed E-state index contributed by atoms with van der Waals surface area (Å²) in [6.07, 6.45) is 4.00. The summed E-state index contributed by atoms with van der Waals surface area (Å²) in [6.45, 7) is 0.933. The number of carbonyl (C=O) groups excluding carboxylic acids is 1. The maximum Gasteiger partial charge on any atom is 0.228 e. The zero-order valence-electron chi connectivity index (χ0n) is 16.5. The summed E-state index contributed by atoms with van der Waals surface area (Å²) in [7, 11) is 3.16. The molecule has 1 amide bonds. The van der Waals surface area contributed by atoms with Crippen LogP contribution in [-0.4, -0.2) is 41.7 Å². The largest absolute Gasteiger partial charge is 0.493 e. The zero-order chi connectivity index (χ0) is 20.2. The number of amides is 1. The third-order valence-electron chi connectivity index (χ3n) is 4.87. The van der Waals surface area contributed by atoms with E-state index in [9.17, 15) is 4.79 Å². The van der Waals surface area contributed by atoms with Gasteiger partial charge in [0, 0.05) is 24.4 Å². The van der Waals surface area contributed by atoms with Crippen LogP contribution in [0.15, 0.2) is 45.5 Å². The summed E-state index contributed by atoms with van der Waals surface area (Å²) < 4.78 is 21.4. The van der Waals surface area contributed by atoms with Crippen LogP contribution in [0.4, 0.5) is 0 Å². The molecule has 29 heavy (non-hydrogen) atoms. The van der Waals surface area contributed by atoms with Crippen LogP contribution in [0, 0.1) is 5.92 Å². The van der Waals surface area contributed by atoms with Gasteiger partial charge in [0.25, 0.3) is 0 Å². The lowest BCUT2D eigenvalue weighted by Gasteiger charge is -2.20. The summed E-state index contributed by atoms with van der Waals surface area (Å²) in [4.78, 5) is 18.9. The minimum atomic E-state index is 0.134. The van der Waals surface area contributed by atoms with Crippen molar-refractivity contribution in [3.05, 3.63) is 48.2 Å². The molecule has 0 bridgehead atoms. The van der Waals surface area contributed by atoms with Gasteiger partial charge < -0.3 is 23.3 Å². The molecule has 0 spiro atoms. The van der Waals surface area contributed by atoms with Gasteiger partial charge in [-0.15, -0.1) is 0 Å². The van der Waals surface area contributed by atoms with Gasteiger partial charge in [-0.3, -0.25) is 4.79 Å². The quantitative estimate of drug-likeness (QED) is 0.547. The van der Waals surface area contributed by atoms with E-state index in [1.807, 2.05) is 18.2 Å². The molecule has 1 aliphatic carbocycles. The van der Waals surface area contributed by atoms with Crippen molar-refractivity contribution in [3.8, 4) is 22.9 Å². The Morgan fingerprint density at radius 2 is 2.03 bits per heavy atom. The Bertz CT molecular complexity index is 963. The minimum absolute atomic E-state index is 0.134. The number of carbonyl (C=O) groups is 1. The Balaban J connectivity index is 1.44. The summed E-state index contributed by atoms with van der Waals surface area (Å²) in [5, 5.41) is 4.06. The molecule has 1 fully saturated rings. The first-order valence-electron chi connectivity index (χ1n) is 9.54. The Hall–Kier alpha value is -3.29. The number of hydrogen-bond acceptors (Lipinski definition) is 7. The fourth-order valence-electron chi connectivity index (χ4n) is 3.13. The molecule has 0 atom stereocenters.